The highest BCUT2D eigenvalue weighted by Crippen LogP contribution is 2.18. The van der Waals surface area contributed by atoms with Crippen LogP contribution in [0.5, 0.6) is 5.75 Å². The van der Waals surface area contributed by atoms with Crippen LogP contribution in [0.3, 0.4) is 0 Å². The lowest BCUT2D eigenvalue weighted by Crippen LogP contribution is -2.38. The summed E-state index contributed by atoms with van der Waals surface area (Å²) in [4.78, 5) is 12.5. The molecule has 0 saturated carbocycles. The van der Waals surface area contributed by atoms with Crippen LogP contribution in [-0.4, -0.2) is 56.9 Å². The standard InChI is InChI=1S/C13H19NO5S.ClH/c1-10(13(15)16)14(2)7-8-20(17,18)12-6-4-5-11(9-12)19-3;/h4-6,9-10H,7-8H2,1-3H3,(H,15,16);1H. The average Bonchev–Trinajstić information content (AvgIpc) is 2.43. The number of nitrogens with zero attached hydrogens (tertiary/aromatic N) is 1. The molecule has 0 aliphatic carbocycles. The van der Waals surface area contributed by atoms with Crippen molar-refractivity contribution in [1.29, 1.82) is 0 Å². The SMILES string of the molecule is COc1cccc(S(=O)(=O)CCN(C)C(C)C(=O)O)c1.Cl. The van der Waals surface area contributed by atoms with E-state index < -0.39 is 21.8 Å². The van der Waals surface area contributed by atoms with Crippen molar-refractivity contribution in [3.8, 4) is 5.75 Å². The number of carbonyl (C=O) groups is 1. The third-order valence-corrected chi connectivity index (χ3v) is 4.82. The molecule has 0 aromatic heterocycles. The summed E-state index contributed by atoms with van der Waals surface area (Å²) in [7, 11) is -0.412. The molecule has 0 fully saturated rings. The van der Waals surface area contributed by atoms with E-state index in [9.17, 15) is 13.2 Å². The largest absolute Gasteiger partial charge is 0.497 e. The number of benzene rings is 1. The van der Waals surface area contributed by atoms with Crippen LogP contribution in [0.2, 0.25) is 0 Å². The molecule has 1 N–H and O–H groups in total. The second kappa shape index (κ2) is 8.21. The molecule has 0 heterocycles. The van der Waals surface area contributed by atoms with Gasteiger partial charge in [0.1, 0.15) is 11.8 Å². The van der Waals surface area contributed by atoms with E-state index in [0.717, 1.165) is 0 Å². The first-order valence-corrected chi connectivity index (χ1v) is 7.73. The summed E-state index contributed by atoms with van der Waals surface area (Å²) < 4.78 is 29.3. The van der Waals surface area contributed by atoms with Gasteiger partial charge in [-0.05, 0) is 32.2 Å². The molecule has 0 amide bonds. The van der Waals surface area contributed by atoms with Gasteiger partial charge < -0.3 is 9.84 Å². The monoisotopic (exact) mass is 337 g/mol. The topological polar surface area (TPSA) is 83.9 Å². The predicted molar refractivity (Wildman–Crippen MR) is 82.0 cm³/mol. The van der Waals surface area contributed by atoms with Gasteiger partial charge in [-0.1, -0.05) is 6.07 Å². The van der Waals surface area contributed by atoms with Crippen molar-refractivity contribution in [3.63, 3.8) is 0 Å². The Morgan fingerprint density at radius 3 is 2.57 bits per heavy atom. The van der Waals surface area contributed by atoms with Crippen LogP contribution in [0, 0.1) is 0 Å². The molecule has 0 radical (unpaired) electrons. The fraction of sp³-hybridized carbons (Fsp3) is 0.462. The summed E-state index contributed by atoms with van der Waals surface area (Å²) in [5.74, 6) is -0.654. The van der Waals surface area contributed by atoms with Crippen molar-refractivity contribution in [2.45, 2.75) is 17.9 Å². The lowest BCUT2D eigenvalue weighted by atomic mass is 10.3. The summed E-state index contributed by atoms with van der Waals surface area (Å²) >= 11 is 0. The van der Waals surface area contributed by atoms with Gasteiger partial charge in [0.2, 0.25) is 0 Å². The summed E-state index contributed by atoms with van der Waals surface area (Å²) in [6.45, 7) is 1.66. The van der Waals surface area contributed by atoms with Crippen LogP contribution in [0.4, 0.5) is 0 Å². The zero-order chi connectivity index (χ0) is 15.3. The first-order chi connectivity index (χ1) is 9.27. The molecule has 120 valence electrons. The maximum absolute atomic E-state index is 12.2. The van der Waals surface area contributed by atoms with E-state index in [2.05, 4.69) is 0 Å². The van der Waals surface area contributed by atoms with Crippen LogP contribution < -0.4 is 4.74 Å². The third-order valence-electron chi connectivity index (χ3n) is 3.13. The number of ether oxygens (including phenoxy) is 1. The van der Waals surface area contributed by atoms with Crippen LogP contribution in [0.15, 0.2) is 29.2 Å². The maximum atomic E-state index is 12.2. The third kappa shape index (κ3) is 5.53. The Labute approximate surface area is 131 Å². The van der Waals surface area contributed by atoms with Gasteiger partial charge in [0.05, 0.1) is 17.8 Å². The van der Waals surface area contributed by atoms with E-state index in [-0.39, 0.29) is 29.6 Å². The van der Waals surface area contributed by atoms with Crippen molar-refractivity contribution in [2.24, 2.45) is 0 Å². The molecule has 1 unspecified atom stereocenters. The Balaban J connectivity index is 0.00000400. The van der Waals surface area contributed by atoms with Gasteiger partial charge in [-0.25, -0.2) is 8.42 Å². The summed E-state index contributed by atoms with van der Waals surface area (Å²) in [6, 6.07) is 5.50. The van der Waals surface area contributed by atoms with Gasteiger partial charge in [0, 0.05) is 6.54 Å². The number of hydrogen-bond acceptors (Lipinski definition) is 5. The maximum Gasteiger partial charge on any atom is 0.320 e. The van der Waals surface area contributed by atoms with Gasteiger partial charge in [-0.15, -0.1) is 12.4 Å². The number of methoxy groups -OCH3 is 1. The van der Waals surface area contributed by atoms with Gasteiger partial charge in [0.15, 0.2) is 9.84 Å². The van der Waals surface area contributed by atoms with E-state index in [1.165, 1.54) is 31.1 Å². The van der Waals surface area contributed by atoms with Crippen molar-refractivity contribution in [1.82, 2.24) is 4.90 Å². The summed E-state index contributed by atoms with van der Waals surface area (Å²) in [5, 5.41) is 8.86. The average molecular weight is 338 g/mol. The van der Waals surface area contributed by atoms with Crippen LogP contribution in [0.25, 0.3) is 0 Å². The van der Waals surface area contributed by atoms with E-state index in [4.69, 9.17) is 9.84 Å². The van der Waals surface area contributed by atoms with Crippen molar-refractivity contribution in [2.75, 3.05) is 26.5 Å². The highest BCUT2D eigenvalue weighted by molar-refractivity contribution is 7.91. The molecular formula is C13H20ClNO5S. The molecule has 0 aliphatic rings. The lowest BCUT2D eigenvalue weighted by molar-refractivity contribution is -0.142. The Hall–Kier alpha value is -1.31. The number of carboxylic acid groups (broad SMARTS) is 1. The highest BCUT2D eigenvalue weighted by atomic mass is 35.5. The van der Waals surface area contributed by atoms with Crippen molar-refractivity contribution < 1.29 is 23.1 Å². The number of likely N-dealkylation sites (N-methyl/N-ethyl adjacent to an activating group) is 1. The van der Waals surface area contributed by atoms with Gasteiger partial charge >= 0.3 is 5.97 Å². The Bertz CT molecular complexity index is 576. The molecule has 8 heteroatoms. The molecule has 1 aromatic carbocycles. The molecule has 6 nitrogen and oxygen atoms in total. The number of aliphatic carboxylic acids is 1. The lowest BCUT2D eigenvalue weighted by Gasteiger charge is -2.20. The minimum absolute atomic E-state index is 0. The normalized spacial score (nSPS) is 12.6. The molecule has 0 aliphatic heterocycles. The fourth-order valence-electron chi connectivity index (χ4n) is 1.56. The highest BCUT2D eigenvalue weighted by Gasteiger charge is 2.21. The molecule has 0 spiro atoms. The smallest absolute Gasteiger partial charge is 0.320 e. The van der Waals surface area contributed by atoms with E-state index >= 15 is 0 Å². The Morgan fingerprint density at radius 1 is 1.43 bits per heavy atom. The molecule has 0 bridgehead atoms. The second-order valence-electron chi connectivity index (χ2n) is 4.49. The van der Waals surface area contributed by atoms with Gasteiger partial charge in [0.25, 0.3) is 0 Å². The predicted octanol–water partition coefficient (Wildman–Crippen LogP) is 1.30. The molecular weight excluding hydrogens is 318 g/mol. The van der Waals surface area contributed by atoms with Crippen LogP contribution >= 0.6 is 12.4 Å². The summed E-state index contributed by atoms with van der Waals surface area (Å²) in [5.41, 5.74) is 0. The van der Waals surface area contributed by atoms with Crippen molar-refractivity contribution >= 4 is 28.2 Å². The molecule has 1 atom stereocenters. The summed E-state index contributed by atoms with van der Waals surface area (Å²) in [6.07, 6.45) is 0. The van der Waals surface area contributed by atoms with Crippen LogP contribution in [-0.2, 0) is 14.6 Å². The van der Waals surface area contributed by atoms with E-state index in [0.29, 0.717) is 5.75 Å². The minimum atomic E-state index is -3.46. The van der Waals surface area contributed by atoms with Gasteiger partial charge in [-0.3, -0.25) is 9.69 Å². The van der Waals surface area contributed by atoms with E-state index in [1.807, 2.05) is 0 Å². The quantitative estimate of drug-likeness (QED) is 0.807. The molecule has 0 saturated heterocycles. The fourth-order valence-corrected chi connectivity index (χ4v) is 2.90. The number of halogens is 1. The first-order valence-electron chi connectivity index (χ1n) is 6.08. The van der Waals surface area contributed by atoms with Gasteiger partial charge in [-0.2, -0.15) is 0 Å². The number of carboxylic acids is 1. The van der Waals surface area contributed by atoms with E-state index in [1.54, 1.807) is 19.2 Å². The Morgan fingerprint density at radius 2 is 2.05 bits per heavy atom. The number of rotatable bonds is 7. The molecule has 1 rings (SSSR count). The minimum Gasteiger partial charge on any atom is -0.497 e. The zero-order valence-corrected chi connectivity index (χ0v) is 13.8. The zero-order valence-electron chi connectivity index (χ0n) is 12.1. The first kappa shape index (κ1) is 19.7. The molecule has 21 heavy (non-hydrogen) atoms. The molecule has 1 aromatic rings. The van der Waals surface area contributed by atoms with Crippen LogP contribution in [0.1, 0.15) is 6.92 Å². The van der Waals surface area contributed by atoms with Crippen molar-refractivity contribution in [3.05, 3.63) is 24.3 Å². The second-order valence-corrected chi connectivity index (χ2v) is 6.60. The number of hydrogen-bond donors (Lipinski definition) is 1. The Kier molecular flexibility index (Phi) is 7.70. The number of sulfone groups is 1.